The summed E-state index contributed by atoms with van der Waals surface area (Å²) >= 11 is 0. The number of ether oxygens (including phenoxy) is 1. The first-order valence-electron chi connectivity index (χ1n) is 7.33. The molecule has 0 unspecified atom stereocenters. The number of H-pyrrole nitrogens is 1. The van der Waals surface area contributed by atoms with E-state index in [9.17, 15) is 13.2 Å². The average molecular weight is 330 g/mol. The second-order valence-corrected chi connectivity index (χ2v) is 7.01. The first-order chi connectivity index (χ1) is 10.4. The van der Waals surface area contributed by atoms with E-state index >= 15 is 0 Å². The van der Waals surface area contributed by atoms with E-state index < -0.39 is 16.3 Å². The number of nitrogens with one attached hydrogen (secondary N) is 1. The van der Waals surface area contributed by atoms with Gasteiger partial charge in [0.1, 0.15) is 11.9 Å². The van der Waals surface area contributed by atoms with Gasteiger partial charge < -0.3 is 9.72 Å². The highest BCUT2D eigenvalue weighted by molar-refractivity contribution is 7.86. The van der Waals surface area contributed by atoms with Gasteiger partial charge in [-0.1, -0.05) is 13.8 Å². The summed E-state index contributed by atoms with van der Waals surface area (Å²) in [7, 11) is -3.52. The van der Waals surface area contributed by atoms with E-state index in [1.54, 1.807) is 20.8 Å². The lowest BCUT2D eigenvalue weighted by atomic mass is 10.3. The Morgan fingerprint density at radius 2 is 2.14 bits per heavy atom. The molecule has 0 radical (unpaired) electrons. The fraction of sp³-hybridized carbons (Fsp3) is 0.692. The van der Waals surface area contributed by atoms with E-state index in [4.69, 9.17) is 4.74 Å². The third-order valence-electron chi connectivity index (χ3n) is 3.58. The van der Waals surface area contributed by atoms with E-state index in [1.807, 2.05) is 0 Å². The molecule has 0 aliphatic carbocycles. The summed E-state index contributed by atoms with van der Waals surface area (Å²) in [6, 6.07) is 1.39. The van der Waals surface area contributed by atoms with Gasteiger partial charge in [-0.25, -0.2) is 4.98 Å². The van der Waals surface area contributed by atoms with Crippen LogP contribution in [0, 0.1) is 6.92 Å². The minimum Gasteiger partial charge on any atom is -0.368 e. The summed E-state index contributed by atoms with van der Waals surface area (Å²) in [6.07, 6.45) is -0.563. The first-order valence-corrected chi connectivity index (χ1v) is 8.72. The van der Waals surface area contributed by atoms with Crippen LogP contribution in [0.4, 0.5) is 0 Å². The maximum Gasteiger partial charge on any atom is 0.282 e. The zero-order chi connectivity index (χ0) is 16.3. The molecule has 1 saturated heterocycles. The number of hydrogen-bond donors (Lipinski definition) is 1. The van der Waals surface area contributed by atoms with Gasteiger partial charge in [-0.15, -0.1) is 0 Å². The van der Waals surface area contributed by atoms with Gasteiger partial charge in [0, 0.05) is 37.9 Å². The van der Waals surface area contributed by atoms with Crippen LogP contribution >= 0.6 is 0 Å². The Labute approximate surface area is 130 Å². The second kappa shape index (κ2) is 6.86. The van der Waals surface area contributed by atoms with Crippen molar-refractivity contribution in [2.24, 2.45) is 0 Å². The summed E-state index contributed by atoms with van der Waals surface area (Å²) in [4.78, 5) is 18.4. The smallest absolute Gasteiger partial charge is 0.282 e. The van der Waals surface area contributed by atoms with Crippen LogP contribution in [0.5, 0.6) is 0 Å². The molecule has 2 rings (SSSR count). The largest absolute Gasteiger partial charge is 0.368 e. The number of aromatic amines is 1. The number of hydrogen-bond acceptors (Lipinski definition) is 5. The summed E-state index contributed by atoms with van der Waals surface area (Å²) in [6.45, 7) is 6.86. The monoisotopic (exact) mass is 330 g/mol. The van der Waals surface area contributed by atoms with Crippen molar-refractivity contribution in [1.82, 2.24) is 18.6 Å². The molecule has 0 spiro atoms. The molecule has 1 aromatic heterocycles. The highest BCUT2D eigenvalue weighted by atomic mass is 32.2. The molecule has 1 aliphatic heterocycles. The van der Waals surface area contributed by atoms with Crippen LogP contribution in [0.3, 0.4) is 0 Å². The number of morpholine rings is 1. The van der Waals surface area contributed by atoms with Gasteiger partial charge >= 0.3 is 0 Å². The molecule has 2 heterocycles. The molecule has 8 nitrogen and oxygen atoms in total. The molecule has 9 heteroatoms. The molecule has 1 atom stereocenters. The quantitative estimate of drug-likeness (QED) is 0.822. The highest BCUT2D eigenvalue weighted by Gasteiger charge is 2.34. The topological polar surface area (TPSA) is 95.6 Å². The molecular formula is C13H22N4O4S. The van der Waals surface area contributed by atoms with Crippen LogP contribution in [0.25, 0.3) is 0 Å². The SMILES string of the molecule is CCN(CC)S(=O)(=O)N1CCO[C@H](c2nc(C)cc(=O)[nH]2)C1. The third-order valence-corrected chi connectivity index (χ3v) is 5.73. The standard InChI is InChI=1S/C13H22N4O4S/c1-4-16(5-2)22(19,20)17-6-7-21-11(9-17)13-14-10(3)8-12(18)15-13/h8,11H,4-7,9H2,1-3H3,(H,14,15,18)/t11-/m0/s1. The van der Waals surface area contributed by atoms with Crippen molar-refractivity contribution in [3.8, 4) is 0 Å². The van der Waals surface area contributed by atoms with Crippen LogP contribution < -0.4 is 5.56 Å². The van der Waals surface area contributed by atoms with E-state index in [2.05, 4.69) is 9.97 Å². The van der Waals surface area contributed by atoms with Gasteiger partial charge in [-0.3, -0.25) is 4.79 Å². The van der Waals surface area contributed by atoms with Crippen molar-refractivity contribution in [3.63, 3.8) is 0 Å². The zero-order valence-electron chi connectivity index (χ0n) is 13.1. The zero-order valence-corrected chi connectivity index (χ0v) is 13.9. The van der Waals surface area contributed by atoms with Crippen molar-refractivity contribution >= 4 is 10.2 Å². The molecule has 0 saturated carbocycles. The van der Waals surface area contributed by atoms with Crippen molar-refractivity contribution in [3.05, 3.63) is 27.9 Å². The Bertz CT molecular complexity index is 669. The molecule has 1 fully saturated rings. The second-order valence-electron chi connectivity index (χ2n) is 5.08. The van der Waals surface area contributed by atoms with Crippen molar-refractivity contribution in [2.45, 2.75) is 26.9 Å². The third kappa shape index (κ3) is 3.54. The summed E-state index contributed by atoms with van der Waals surface area (Å²) in [5, 5.41) is 0. The van der Waals surface area contributed by atoms with Gasteiger partial charge in [0.2, 0.25) is 0 Å². The Morgan fingerprint density at radius 1 is 1.45 bits per heavy atom. The van der Waals surface area contributed by atoms with E-state index in [1.165, 1.54) is 14.7 Å². The molecule has 0 amide bonds. The average Bonchev–Trinajstić information content (AvgIpc) is 2.47. The Morgan fingerprint density at radius 3 is 2.73 bits per heavy atom. The normalized spacial score (nSPS) is 20.5. The van der Waals surface area contributed by atoms with Crippen molar-refractivity contribution in [2.75, 3.05) is 32.8 Å². The lowest BCUT2D eigenvalue weighted by Crippen LogP contribution is -2.49. The predicted octanol–water partition coefficient (Wildman–Crippen LogP) is 0.0382. The Balaban J connectivity index is 2.23. The van der Waals surface area contributed by atoms with Crippen LogP contribution in [0.1, 0.15) is 31.5 Å². The molecule has 1 aliphatic rings. The maximum atomic E-state index is 12.6. The fourth-order valence-electron chi connectivity index (χ4n) is 2.47. The predicted molar refractivity (Wildman–Crippen MR) is 81.7 cm³/mol. The van der Waals surface area contributed by atoms with Crippen LogP contribution in [0.2, 0.25) is 0 Å². The molecule has 1 aromatic rings. The first kappa shape index (κ1) is 17.1. The van der Waals surface area contributed by atoms with Gasteiger partial charge in [-0.05, 0) is 6.92 Å². The lowest BCUT2D eigenvalue weighted by Gasteiger charge is -2.34. The number of aryl methyl sites for hydroxylation is 1. The number of nitrogens with zero attached hydrogens (tertiary/aromatic N) is 3. The lowest BCUT2D eigenvalue weighted by molar-refractivity contribution is -0.00935. The van der Waals surface area contributed by atoms with Gasteiger partial charge in [0.25, 0.3) is 15.8 Å². The van der Waals surface area contributed by atoms with E-state index in [0.29, 0.717) is 31.2 Å². The molecule has 0 bridgehead atoms. The number of rotatable bonds is 5. The van der Waals surface area contributed by atoms with E-state index in [-0.39, 0.29) is 18.7 Å². The summed E-state index contributed by atoms with van der Waals surface area (Å²) < 4.78 is 33.5. The van der Waals surface area contributed by atoms with Gasteiger partial charge in [0.15, 0.2) is 0 Å². The maximum absolute atomic E-state index is 12.6. The van der Waals surface area contributed by atoms with Crippen LogP contribution in [0.15, 0.2) is 10.9 Å². The van der Waals surface area contributed by atoms with Crippen molar-refractivity contribution in [1.29, 1.82) is 0 Å². The summed E-state index contributed by atoms with van der Waals surface area (Å²) in [5.74, 6) is 0.365. The summed E-state index contributed by atoms with van der Waals surface area (Å²) in [5.41, 5.74) is 0.306. The Kier molecular flexibility index (Phi) is 5.32. The highest BCUT2D eigenvalue weighted by Crippen LogP contribution is 2.22. The van der Waals surface area contributed by atoms with Crippen molar-refractivity contribution < 1.29 is 13.2 Å². The van der Waals surface area contributed by atoms with Crippen LogP contribution in [-0.4, -0.2) is 59.8 Å². The molecule has 22 heavy (non-hydrogen) atoms. The Hall–Kier alpha value is -1.29. The minimum absolute atomic E-state index is 0.144. The molecule has 124 valence electrons. The molecule has 1 N–H and O–H groups in total. The van der Waals surface area contributed by atoms with Gasteiger partial charge in [0.05, 0.1) is 6.61 Å². The minimum atomic E-state index is -3.52. The van der Waals surface area contributed by atoms with E-state index in [0.717, 1.165) is 0 Å². The fourth-order valence-corrected chi connectivity index (χ4v) is 4.08. The molecule has 0 aromatic carbocycles. The van der Waals surface area contributed by atoms with Crippen LogP contribution in [-0.2, 0) is 14.9 Å². The van der Waals surface area contributed by atoms with Gasteiger partial charge in [-0.2, -0.15) is 17.0 Å². The number of aromatic nitrogens is 2. The molecular weight excluding hydrogens is 308 g/mol.